The Morgan fingerprint density at radius 2 is 2.08 bits per heavy atom. The molecule has 6 nitrogen and oxygen atoms in total. The zero-order valence-corrected chi connectivity index (χ0v) is 16.0. The van der Waals surface area contributed by atoms with Gasteiger partial charge in [-0.25, -0.2) is 4.99 Å². The molecule has 1 saturated heterocycles. The Bertz CT molecular complexity index is 911. The average Bonchev–Trinajstić information content (AvgIpc) is 2.91. The summed E-state index contributed by atoms with van der Waals surface area (Å²) in [6.45, 7) is 6.80. The van der Waals surface area contributed by atoms with Gasteiger partial charge in [0.25, 0.3) is 5.56 Å². The van der Waals surface area contributed by atoms with Gasteiger partial charge >= 0.3 is 0 Å². The van der Waals surface area contributed by atoms with Crippen LogP contribution < -0.4 is 5.56 Å². The number of aliphatic imine (C=N–C) groups is 1. The third kappa shape index (κ3) is 3.10. The summed E-state index contributed by atoms with van der Waals surface area (Å²) in [5.41, 5.74) is 1.37. The normalized spacial score (nSPS) is 24.8. The quantitative estimate of drug-likeness (QED) is 0.837. The number of rotatable bonds is 2. The van der Waals surface area contributed by atoms with E-state index in [4.69, 9.17) is 9.73 Å². The highest BCUT2D eigenvalue weighted by atomic mass is 32.2. The monoisotopic (exact) mass is 373 g/mol. The molecule has 1 fully saturated rings. The number of H-pyrrole nitrogens is 1. The number of nitrogens with zero attached hydrogens (tertiary/aromatic N) is 2. The first-order valence-electron chi connectivity index (χ1n) is 8.83. The fraction of sp³-hybridized carbons (Fsp3) is 0.474. The number of hydrogen-bond acceptors (Lipinski definition) is 5. The van der Waals surface area contributed by atoms with Crippen molar-refractivity contribution >= 4 is 22.6 Å². The SMILES string of the molecule is CC1=Nc2c(c(=O)[nH]n2[C@@H]2CCOC(C)(C)C2)[C@@H](c2ccc(O)cc2)S1. The maximum atomic E-state index is 12.8. The highest BCUT2D eigenvalue weighted by molar-refractivity contribution is 8.14. The van der Waals surface area contributed by atoms with Crippen molar-refractivity contribution in [2.24, 2.45) is 4.99 Å². The van der Waals surface area contributed by atoms with Crippen molar-refractivity contribution in [2.75, 3.05) is 6.61 Å². The molecule has 2 aromatic rings. The van der Waals surface area contributed by atoms with Gasteiger partial charge in [0.2, 0.25) is 0 Å². The molecule has 1 aromatic carbocycles. The third-order valence-electron chi connectivity index (χ3n) is 4.98. The minimum absolute atomic E-state index is 0.0916. The Kier molecular flexibility index (Phi) is 4.23. The number of ether oxygens (including phenoxy) is 1. The number of hydrogen-bond donors (Lipinski definition) is 2. The number of fused-ring (bicyclic) bond motifs is 1. The van der Waals surface area contributed by atoms with Crippen molar-refractivity contribution in [1.29, 1.82) is 0 Å². The molecule has 7 heteroatoms. The molecule has 0 spiro atoms. The van der Waals surface area contributed by atoms with E-state index in [2.05, 4.69) is 18.9 Å². The van der Waals surface area contributed by atoms with Crippen molar-refractivity contribution in [3.05, 3.63) is 45.7 Å². The van der Waals surface area contributed by atoms with Crippen LogP contribution >= 0.6 is 11.8 Å². The molecular formula is C19H23N3O3S. The maximum Gasteiger partial charge on any atom is 0.271 e. The maximum absolute atomic E-state index is 12.8. The Morgan fingerprint density at radius 3 is 2.77 bits per heavy atom. The summed E-state index contributed by atoms with van der Waals surface area (Å²) in [7, 11) is 0. The predicted molar refractivity (Wildman–Crippen MR) is 104 cm³/mol. The van der Waals surface area contributed by atoms with Gasteiger partial charge in [-0.1, -0.05) is 23.9 Å². The lowest BCUT2D eigenvalue weighted by molar-refractivity contribution is -0.0705. The molecule has 4 rings (SSSR count). The smallest absolute Gasteiger partial charge is 0.271 e. The third-order valence-corrected chi connectivity index (χ3v) is 6.16. The fourth-order valence-corrected chi connectivity index (χ4v) is 4.88. The van der Waals surface area contributed by atoms with E-state index in [1.54, 1.807) is 23.9 Å². The first-order valence-corrected chi connectivity index (χ1v) is 9.71. The lowest BCUT2D eigenvalue weighted by atomic mass is 9.94. The van der Waals surface area contributed by atoms with Crippen LogP contribution in [0.15, 0.2) is 34.1 Å². The van der Waals surface area contributed by atoms with E-state index in [9.17, 15) is 9.90 Å². The van der Waals surface area contributed by atoms with E-state index < -0.39 is 0 Å². The van der Waals surface area contributed by atoms with Gasteiger partial charge in [-0.2, -0.15) is 0 Å². The van der Waals surface area contributed by atoms with Gasteiger partial charge in [-0.3, -0.25) is 14.6 Å². The number of benzene rings is 1. The summed E-state index contributed by atoms with van der Waals surface area (Å²) in [6, 6.07) is 7.20. The zero-order chi connectivity index (χ0) is 18.5. The van der Waals surface area contributed by atoms with Crippen LogP contribution in [-0.4, -0.2) is 32.1 Å². The van der Waals surface area contributed by atoms with Crippen LogP contribution in [0.4, 0.5) is 5.82 Å². The number of aromatic amines is 1. The van der Waals surface area contributed by atoms with E-state index in [-0.39, 0.29) is 28.2 Å². The molecule has 0 saturated carbocycles. The van der Waals surface area contributed by atoms with Gasteiger partial charge in [0.15, 0.2) is 5.82 Å². The van der Waals surface area contributed by atoms with Gasteiger partial charge in [0.1, 0.15) is 5.75 Å². The summed E-state index contributed by atoms with van der Waals surface area (Å²) in [6.07, 6.45) is 1.68. The first kappa shape index (κ1) is 17.4. The van der Waals surface area contributed by atoms with Crippen molar-refractivity contribution in [3.63, 3.8) is 0 Å². The van der Waals surface area contributed by atoms with Crippen LogP contribution in [0.1, 0.15) is 56.0 Å². The van der Waals surface area contributed by atoms with Gasteiger partial charge in [0.05, 0.1) is 27.5 Å². The Morgan fingerprint density at radius 1 is 1.35 bits per heavy atom. The number of aromatic hydroxyl groups is 1. The molecule has 2 aliphatic heterocycles. The summed E-state index contributed by atoms with van der Waals surface area (Å²) in [5, 5.41) is 13.4. The van der Waals surface area contributed by atoms with Gasteiger partial charge in [-0.15, -0.1) is 0 Å². The molecule has 1 aromatic heterocycles. The fourth-order valence-electron chi connectivity index (χ4n) is 3.78. The largest absolute Gasteiger partial charge is 0.508 e. The Labute approximate surface area is 156 Å². The number of nitrogens with one attached hydrogen (secondary N) is 1. The van der Waals surface area contributed by atoms with Gasteiger partial charge < -0.3 is 9.84 Å². The number of phenolic OH excluding ortho intramolecular Hbond substituents is 1. The van der Waals surface area contributed by atoms with Crippen LogP contribution in [0.3, 0.4) is 0 Å². The van der Waals surface area contributed by atoms with Gasteiger partial charge in [-0.05, 0) is 51.3 Å². The number of phenols is 1. The average molecular weight is 373 g/mol. The summed E-state index contributed by atoms with van der Waals surface area (Å²) in [5.74, 6) is 0.947. The van der Waals surface area contributed by atoms with Crippen LogP contribution in [-0.2, 0) is 4.74 Å². The molecule has 0 amide bonds. The van der Waals surface area contributed by atoms with E-state index >= 15 is 0 Å². The number of thioether (sulfide) groups is 1. The molecule has 0 bridgehead atoms. The summed E-state index contributed by atoms with van der Waals surface area (Å²) < 4.78 is 7.76. The highest BCUT2D eigenvalue weighted by Crippen LogP contribution is 2.45. The molecule has 3 heterocycles. The van der Waals surface area contributed by atoms with Crippen LogP contribution in [0, 0.1) is 0 Å². The molecule has 2 aliphatic rings. The lowest BCUT2D eigenvalue weighted by Gasteiger charge is -2.36. The van der Waals surface area contributed by atoms with Gasteiger partial charge in [0, 0.05) is 6.61 Å². The molecule has 138 valence electrons. The molecule has 2 N–H and O–H groups in total. The second-order valence-electron chi connectivity index (χ2n) is 7.52. The minimum atomic E-state index is -0.213. The second-order valence-corrected chi connectivity index (χ2v) is 8.82. The van der Waals surface area contributed by atoms with E-state index in [1.165, 1.54) is 0 Å². The van der Waals surface area contributed by atoms with E-state index in [1.807, 2.05) is 23.7 Å². The van der Waals surface area contributed by atoms with E-state index in [0.717, 1.165) is 29.3 Å². The standard InChI is InChI=1S/C19H23N3O3S/c1-11-20-17-15(16(26-11)12-4-6-14(23)7-5-12)18(24)21-22(17)13-8-9-25-19(2,3)10-13/h4-7,13,16,23H,8-10H2,1-3H3,(H,21,24)/t13-,16-/m1/s1. The Balaban J connectivity index is 1.79. The van der Waals surface area contributed by atoms with Crippen LogP contribution in [0.25, 0.3) is 0 Å². The van der Waals surface area contributed by atoms with Crippen molar-refractivity contribution < 1.29 is 9.84 Å². The summed E-state index contributed by atoms with van der Waals surface area (Å²) >= 11 is 1.57. The predicted octanol–water partition coefficient (Wildman–Crippen LogP) is 3.90. The highest BCUT2D eigenvalue weighted by Gasteiger charge is 2.35. The Hall–Kier alpha value is -1.99. The van der Waals surface area contributed by atoms with E-state index in [0.29, 0.717) is 12.2 Å². The lowest BCUT2D eigenvalue weighted by Crippen LogP contribution is -2.35. The molecule has 0 unspecified atom stereocenters. The first-order chi connectivity index (χ1) is 12.3. The topological polar surface area (TPSA) is 79.6 Å². The molecule has 26 heavy (non-hydrogen) atoms. The molecule has 0 aliphatic carbocycles. The molecule has 0 radical (unpaired) electrons. The second kappa shape index (κ2) is 6.32. The van der Waals surface area contributed by atoms with Crippen LogP contribution in [0.5, 0.6) is 5.75 Å². The van der Waals surface area contributed by atoms with Crippen molar-refractivity contribution in [1.82, 2.24) is 9.78 Å². The molecular weight excluding hydrogens is 350 g/mol. The van der Waals surface area contributed by atoms with Crippen molar-refractivity contribution in [2.45, 2.75) is 50.5 Å². The summed E-state index contributed by atoms with van der Waals surface area (Å²) in [4.78, 5) is 17.5. The van der Waals surface area contributed by atoms with Crippen molar-refractivity contribution in [3.8, 4) is 5.75 Å². The number of aromatic nitrogens is 2. The molecule has 2 atom stereocenters. The minimum Gasteiger partial charge on any atom is -0.508 e. The zero-order valence-electron chi connectivity index (χ0n) is 15.2. The van der Waals surface area contributed by atoms with Crippen LogP contribution in [0.2, 0.25) is 0 Å².